The molecule has 9 nitrogen and oxygen atoms in total. The van der Waals surface area contributed by atoms with Crippen LogP contribution in [-0.4, -0.2) is 60.5 Å². The van der Waals surface area contributed by atoms with E-state index in [-0.39, 0.29) is 48.7 Å². The van der Waals surface area contributed by atoms with Crippen molar-refractivity contribution in [3.63, 3.8) is 0 Å². The summed E-state index contributed by atoms with van der Waals surface area (Å²) in [5.41, 5.74) is 0.680. The van der Waals surface area contributed by atoms with E-state index in [1.165, 1.54) is 36.4 Å². The van der Waals surface area contributed by atoms with Crippen molar-refractivity contribution in [1.29, 1.82) is 0 Å². The number of carbonyl (C=O) groups is 4. The van der Waals surface area contributed by atoms with Gasteiger partial charge in [-0.05, 0) is 47.2 Å². The smallest absolute Gasteiger partial charge is 0.338 e. The van der Waals surface area contributed by atoms with Gasteiger partial charge in [0.15, 0.2) is 0 Å². The number of aromatic carboxylic acids is 1. The normalized spacial score (nSPS) is 10.5. The van der Waals surface area contributed by atoms with Crippen molar-refractivity contribution < 1.29 is 43.6 Å². The van der Waals surface area contributed by atoms with Crippen molar-refractivity contribution in [2.45, 2.75) is 0 Å². The first kappa shape index (κ1) is 23.4. The van der Waals surface area contributed by atoms with Crippen LogP contribution in [0.1, 0.15) is 41.4 Å². The number of hydrogen-bond acceptors (Lipinski definition) is 8. The number of carboxylic acids is 1. The zero-order valence-corrected chi connectivity index (χ0v) is 17.4. The number of carboxylic acid groups (broad SMARTS) is 1. The first-order chi connectivity index (χ1) is 15.9. The molecular weight excluding hydrogens is 432 g/mol. The zero-order chi connectivity index (χ0) is 23.8. The molecule has 0 unspecified atom stereocenters. The van der Waals surface area contributed by atoms with E-state index in [1.54, 1.807) is 24.3 Å². The molecule has 0 spiro atoms. The number of aliphatic hydroxyl groups excluding tert-OH is 1. The Morgan fingerprint density at radius 2 is 1.06 bits per heavy atom. The van der Waals surface area contributed by atoms with E-state index < -0.39 is 23.9 Å². The number of aliphatic hydroxyl groups is 1. The fourth-order valence-corrected chi connectivity index (χ4v) is 3.07. The molecule has 3 aromatic rings. The Hall–Kier alpha value is -4.24. The number of hydrogen-bond donors (Lipinski definition) is 2. The molecule has 9 heteroatoms. The van der Waals surface area contributed by atoms with E-state index in [0.29, 0.717) is 10.8 Å². The molecule has 3 rings (SSSR count). The van der Waals surface area contributed by atoms with Crippen molar-refractivity contribution in [3.8, 4) is 0 Å². The Morgan fingerprint density at radius 3 is 1.58 bits per heavy atom. The number of benzene rings is 3. The summed E-state index contributed by atoms with van der Waals surface area (Å²) in [5.74, 6) is -3.07. The molecule has 0 aromatic heterocycles. The molecule has 0 aliphatic heterocycles. The Kier molecular flexibility index (Phi) is 7.72. The van der Waals surface area contributed by atoms with E-state index in [1.807, 2.05) is 0 Å². The third kappa shape index (κ3) is 5.72. The minimum Gasteiger partial charge on any atom is -0.478 e. The minimum atomic E-state index is -1.10. The third-order valence-corrected chi connectivity index (χ3v) is 4.60. The monoisotopic (exact) mass is 452 g/mol. The lowest BCUT2D eigenvalue weighted by Gasteiger charge is -2.10. The first-order valence-corrected chi connectivity index (χ1v) is 9.89. The van der Waals surface area contributed by atoms with Gasteiger partial charge in [-0.2, -0.15) is 0 Å². The van der Waals surface area contributed by atoms with E-state index in [4.69, 9.17) is 19.3 Å². The molecule has 0 atom stereocenters. The Labute approximate surface area is 188 Å². The number of fused-ring (bicyclic) bond motifs is 1. The average Bonchev–Trinajstić information content (AvgIpc) is 2.84. The van der Waals surface area contributed by atoms with Crippen LogP contribution >= 0.6 is 0 Å². The lowest BCUT2D eigenvalue weighted by atomic mass is 10.00. The van der Waals surface area contributed by atoms with Crippen molar-refractivity contribution in [2.24, 2.45) is 0 Å². The molecule has 3 aromatic carbocycles. The topological polar surface area (TPSA) is 136 Å². The van der Waals surface area contributed by atoms with Crippen molar-refractivity contribution in [2.75, 3.05) is 26.4 Å². The fraction of sp³-hybridized carbons (Fsp3) is 0.167. The average molecular weight is 452 g/mol. The predicted molar refractivity (Wildman–Crippen MR) is 115 cm³/mol. The molecule has 2 N–H and O–H groups in total. The van der Waals surface area contributed by atoms with E-state index >= 15 is 0 Å². The highest BCUT2D eigenvalue weighted by Crippen LogP contribution is 2.23. The first-order valence-electron chi connectivity index (χ1n) is 9.89. The standard InChI is InChI=1S/C24H20O9/c25-11-12-31-22(28)15-7-9-16(10-8-15)23(29)32-13-14-33-24(30)20-6-2-3-17-18(20)4-1-5-19(17)21(26)27/h1-10,25H,11-14H2,(H,26,27). The third-order valence-electron chi connectivity index (χ3n) is 4.60. The molecule has 0 bridgehead atoms. The Bertz CT molecular complexity index is 1180. The highest BCUT2D eigenvalue weighted by Gasteiger charge is 2.16. The number of rotatable bonds is 9. The van der Waals surface area contributed by atoms with Gasteiger partial charge in [0.2, 0.25) is 0 Å². The summed E-state index contributed by atoms with van der Waals surface area (Å²) in [6.07, 6.45) is 0. The maximum absolute atomic E-state index is 12.5. The molecule has 170 valence electrons. The molecule has 0 fully saturated rings. The van der Waals surface area contributed by atoms with Gasteiger partial charge in [0.1, 0.15) is 19.8 Å². The molecule has 0 aliphatic rings. The maximum atomic E-state index is 12.5. The van der Waals surface area contributed by atoms with Crippen LogP contribution in [0.4, 0.5) is 0 Å². The minimum absolute atomic E-state index is 0.0729. The van der Waals surface area contributed by atoms with Gasteiger partial charge in [-0.15, -0.1) is 0 Å². The van der Waals surface area contributed by atoms with Crippen LogP contribution in [-0.2, 0) is 14.2 Å². The maximum Gasteiger partial charge on any atom is 0.338 e. The van der Waals surface area contributed by atoms with Crippen LogP contribution in [0.5, 0.6) is 0 Å². The Morgan fingerprint density at radius 1 is 0.606 bits per heavy atom. The van der Waals surface area contributed by atoms with Gasteiger partial charge in [-0.25, -0.2) is 19.2 Å². The molecular formula is C24H20O9. The lowest BCUT2D eigenvalue weighted by Crippen LogP contribution is -2.15. The SMILES string of the molecule is O=C(OCCO)c1ccc(C(=O)OCCOC(=O)c2cccc3c(C(=O)O)cccc23)cc1. The molecule has 0 radical (unpaired) electrons. The van der Waals surface area contributed by atoms with Crippen molar-refractivity contribution >= 4 is 34.6 Å². The van der Waals surface area contributed by atoms with Gasteiger partial charge in [-0.3, -0.25) is 0 Å². The summed E-state index contributed by atoms with van der Waals surface area (Å²) in [6.45, 7) is -0.813. The summed E-state index contributed by atoms with van der Waals surface area (Å²) >= 11 is 0. The molecule has 0 amide bonds. The zero-order valence-electron chi connectivity index (χ0n) is 17.4. The van der Waals surface area contributed by atoms with Gasteiger partial charge in [-0.1, -0.05) is 24.3 Å². The number of esters is 3. The van der Waals surface area contributed by atoms with Crippen LogP contribution in [0.3, 0.4) is 0 Å². The lowest BCUT2D eigenvalue weighted by molar-refractivity contribution is 0.0267. The fourth-order valence-electron chi connectivity index (χ4n) is 3.07. The van der Waals surface area contributed by atoms with Crippen LogP contribution in [0.2, 0.25) is 0 Å². The predicted octanol–water partition coefficient (Wildman–Crippen LogP) is 2.70. The molecule has 0 saturated heterocycles. The summed E-state index contributed by atoms with van der Waals surface area (Å²) < 4.78 is 15.0. The summed E-state index contributed by atoms with van der Waals surface area (Å²) in [6, 6.07) is 14.9. The second-order valence-corrected chi connectivity index (χ2v) is 6.72. The van der Waals surface area contributed by atoms with E-state index in [9.17, 15) is 24.3 Å². The summed E-state index contributed by atoms with van der Waals surface area (Å²) in [7, 11) is 0. The van der Waals surface area contributed by atoms with Gasteiger partial charge >= 0.3 is 23.9 Å². The van der Waals surface area contributed by atoms with E-state index in [0.717, 1.165) is 0 Å². The highest BCUT2D eigenvalue weighted by molar-refractivity contribution is 6.10. The Balaban J connectivity index is 1.54. The van der Waals surface area contributed by atoms with Gasteiger partial charge in [0.25, 0.3) is 0 Å². The molecule has 0 heterocycles. The quantitative estimate of drug-likeness (QED) is 0.285. The second kappa shape index (κ2) is 10.9. The van der Waals surface area contributed by atoms with Gasteiger partial charge in [0.05, 0.1) is 28.9 Å². The van der Waals surface area contributed by atoms with Crippen LogP contribution in [0.15, 0.2) is 60.7 Å². The summed E-state index contributed by atoms with van der Waals surface area (Å²) in [5, 5.41) is 18.8. The van der Waals surface area contributed by atoms with Crippen molar-refractivity contribution in [1.82, 2.24) is 0 Å². The van der Waals surface area contributed by atoms with Crippen LogP contribution in [0, 0.1) is 0 Å². The van der Waals surface area contributed by atoms with E-state index in [2.05, 4.69) is 0 Å². The van der Waals surface area contributed by atoms with Crippen molar-refractivity contribution in [3.05, 3.63) is 82.9 Å². The van der Waals surface area contributed by atoms with Gasteiger partial charge in [0, 0.05) is 0 Å². The number of carbonyl (C=O) groups excluding carboxylic acids is 3. The molecule has 33 heavy (non-hydrogen) atoms. The number of ether oxygens (including phenoxy) is 3. The molecule has 0 saturated carbocycles. The van der Waals surface area contributed by atoms with Crippen LogP contribution in [0.25, 0.3) is 10.8 Å². The van der Waals surface area contributed by atoms with Crippen LogP contribution < -0.4 is 0 Å². The second-order valence-electron chi connectivity index (χ2n) is 6.72. The molecule has 0 aliphatic carbocycles. The summed E-state index contributed by atoms with van der Waals surface area (Å²) in [4.78, 5) is 47.7. The highest BCUT2D eigenvalue weighted by atomic mass is 16.6. The van der Waals surface area contributed by atoms with Gasteiger partial charge < -0.3 is 24.4 Å². The largest absolute Gasteiger partial charge is 0.478 e.